The number of hydrogen-bond acceptors (Lipinski definition) is 3. The minimum atomic E-state index is -0.875. The van der Waals surface area contributed by atoms with Crippen LogP contribution in [0.1, 0.15) is 28.0 Å². The van der Waals surface area contributed by atoms with Gasteiger partial charge in [-0.25, -0.2) is 0 Å². The minimum absolute atomic E-state index is 0.00720. The van der Waals surface area contributed by atoms with E-state index in [0.717, 1.165) is 16.9 Å². The number of hydrogen-bond donors (Lipinski definition) is 3. The fourth-order valence-electron chi connectivity index (χ4n) is 3.21. The monoisotopic (exact) mass is 398 g/mol. The topological polar surface area (TPSA) is 106 Å². The highest BCUT2D eigenvalue weighted by molar-refractivity contribution is 6.30. The molecule has 0 atom stereocenters. The van der Waals surface area contributed by atoms with Gasteiger partial charge in [-0.05, 0) is 61.4 Å². The predicted molar refractivity (Wildman–Crippen MR) is 107 cm³/mol. The van der Waals surface area contributed by atoms with Gasteiger partial charge in [-0.15, -0.1) is 0 Å². The Morgan fingerprint density at radius 2 is 1.89 bits per heavy atom. The molecule has 0 aliphatic carbocycles. The molecular weight excluding hydrogens is 380 g/mol. The number of primary amides is 1. The fraction of sp³-hybridized carbons (Fsp3) is 0.143. The number of aryl methyl sites for hydroxylation is 2. The van der Waals surface area contributed by atoms with Crippen molar-refractivity contribution in [2.75, 3.05) is 0 Å². The number of carboxylic acids is 1. The number of rotatable bonds is 6. The number of aliphatic carboxylic acids is 1. The van der Waals surface area contributed by atoms with E-state index in [-0.39, 0.29) is 17.7 Å². The van der Waals surface area contributed by atoms with E-state index in [1.807, 2.05) is 29.8 Å². The lowest BCUT2D eigenvalue weighted by Gasteiger charge is -2.17. The molecule has 0 radical (unpaired) electrons. The summed E-state index contributed by atoms with van der Waals surface area (Å²) < 4.78 is 1.87. The lowest BCUT2D eigenvalue weighted by atomic mass is 9.95. The van der Waals surface area contributed by atoms with Crippen LogP contribution in [0, 0.1) is 6.92 Å². The van der Waals surface area contributed by atoms with E-state index >= 15 is 0 Å². The third-order valence-corrected chi connectivity index (χ3v) is 4.77. The summed E-state index contributed by atoms with van der Waals surface area (Å²) in [6.07, 6.45) is 2.20. The molecule has 1 amide bonds. The van der Waals surface area contributed by atoms with Crippen LogP contribution in [0.3, 0.4) is 0 Å². The number of phenolic OH excluding ortho intramolecular Hbond substituents is 1. The van der Waals surface area contributed by atoms with Crippen LogP contribution in [0.4, 0.5) is 0 Å². The standard InChI is InChI=1S/C21H19ClN2O4/c1-12-9-17(21(23)28)16(15-6-4-13(22)10-19(15)25)11-18(12)24-8-2-3-14(24)5-7-20(26)27/h2-4,6,8-11,25H,5,7H2,1H3,(H2,23,28)(H,26,27). The van der Waals surface area contributed by atoms with Gasteiger partial charge in [0.25, 0.3) is 0 Å². The number of phenols is 1. The predicted octanol–water partition coefficient (Wildman–Crippen LogP) is 3.93. The number of carbonyl (C=O) groups excluding carboxylic acids is 1. The number of nitrogens with zero attached hydrogens (tertiary/aromatic N) is 1. The Bertz CT molecular complexity index is 1070. The average molecular weight is 399 g/mol. The van der Waals surface area contributed by atoms with Crippen molar-refractivity contribution in [3.8, 4) is 22.6 Å². The summed E-state index contributed by atoms with van der Waals surface area (Å²) in [7, 11) is 0. The summed E-state index contributed by atoms with van der Waals surface area (Å²) in [5.74, 6) is -1.55. The molecule has 6 nitrogen and oxygen atoms in total. The number of carboxylic acid groups (broad SMARTS) is 1. The molecular formula is C21H19ClN2O4. The van der Waals surface area contributed by atoms with Crippen molar-refractivity contribution >= 4 is 23.5 Å². The van der Waals surface area contributed by atoms with Crippen LogP contribution in [-0.2, 0) is 11.2 Å². The third-order valence-electron chi connectivity index (χ3n) is 4.54. The normalized spacial score (nSPS) is 10.8. The van der Waals surface area contributed by atoms with Crippen LogP contribution in [-0.4, -0.2) is 26.7 Å². The van der Waals surface area contributed by atoms with Crippen molar-refractivity contribution in [1.82, 2.24) is 4.57 Å². The highest BCUT2D eigenvalue weighted by atomic mass is 35.5. The molecule has 7 heteroatoms. The first-order valence-corrected chi connectivity index (χ1v) is 8.97. The highest BCUT2D eigenvalue weighted by Crippen LogP contribution is 2.36. The molecule has 144 valence electrons. The van der Waals surface area contributed by atoms with Gasteiger partial charge in [0.15, 0.2) is 0 Å². The van der Waals surface area contributed by atoms with E-state index < -0.39 is 11.9 Å². The molecule has 0 aliphatic rings. The second kappa shape index (κ2) is 7.78. The minimum Gasteiger partial charge on any atom is -0.507 e. The lowest BCUT2D eigenvalue weighted by molar-refractivity contribution is -0.136. The smallest absolute Gasteiger partial charge is 0.303 e. The molecule has 0 aliphatic heterocycles. The Hall–Kier alpha value is -3.25. The molecule has 0 bridgehead atoms. The van der Waals surface area contributed by atoms with Gasteiger partial charge < -0.3 is 20.5 Å². The second-order valence-corrected chi connectivity index (χ2v) is 6.91. The first kappa shape index (κ1) is 19.5. The summed E-state index contributed by atoms with van der Waals surface area (Å²) >= 11 is 5.92. The van der Waals surface area contributed by atoms with Crippen molar-refractivity contribution in [2.24, 2.45) is 5.73 Å². The van der Waals surface area contributed by atoms with Crippen LogP contribution in [0.15, 0.2) is 48.7 Å². The molecule has 28 heavy (non-hydrogen) atoms. The summed E-state index contributed by atoms with van der Waals surface area (Å²) in [5.41, 5.74) is 9.12. The Balaban J connectivity index is 2.19. The SMILES string of the molecule is Cc1cc(C(N)=O)c(-c2ccc(Cl)cc2O)cc1-n1cccc1CCC(=O)O. The van der Waals surface area contributed by atoms with Crippen LogP contribution < -0.4 is 5.73 Å². The zero-order valence-corrected chi connectivity index (χ0v) is 15.9. The van der Waals surface area contributed by atoms with E-state index in [2.05, 4.69) is 0 Å². The van der Waals surface area contributed by atoms with Gasteiger partial charge in [0.2, 0.25) is 5.91 Å². The average Bonchev–Trinajstić information content (AvgIpc) is 3.08. The van der Waals surface area contributed by atoms with E-state index in [0.29, 0.717) is 22.6 Å². The molecule has 0 saturated heterocycles. The molecule has 0 saturated carbocycles. The van der Waals surface area contributed by atoms with Crippen molar-refractivity contribution in [2.45, 2.75) is 19.8 Å². The van der Waals surface area contributed by atoms with E-state index in [4.69, 9.17) is 22.4 Å². The highest BCUT2D eigenvalue weighted by Gasteiger charge is 2.18. The maximum atomic E-state index is 12.0. The summed E-state index contributed by atoms with van der Waals surface area (Å²) in [5, 5.41) is 19.7. The quantitative estimate of drug-likeness (QED) is 0.585. The Labute approximate surface area is 166 Å². The van der Waals surface area contributed by atoms with Gasteiger partial charge in [0, 0.05) is 39.3 Å². The van der Waals surface area contributed by atoms with Gasteiger partial charge in [0.1, 0.15) is 5.75 Å². The molecule has 1 heterocycles. The zero-order valence-electron chi connectivity index (χ0n) is 15.1. The fourth-order valence-corrected chi connectivity index (χ4v) is 3.37. The first-order valence-electron chi connectivity index (χ1n) is 8.59. The summed E-state index contributed by atoms with van der Waals surface area (Å²) in [6.45, 7) is 1.84. The molecule has 3 rings (SSSR count). The summed E-state index contributed by atoms with van der Waals surface area (Å²) in [6, 6.07) is 11.8. The number of aromatic nitrogens is 1. The number of nitrogens with two attached hydrogens (primary N) is 1. The largest absolute Gasteiger partial charge is 0.507 e. The molecule has 0 spiro atoms. The van der Waals surface area contributed by atoms with Crippen LogP contribution in [0.25, 0.3) is 16.8 Å². The van der Waals surface area contributed by atoms with Crippen LogP contribution in [0.2, 0.25) is 5.02 Å². The van der Waals surface area contributed by atoms with Crippen molar-refractivity contribution in [1.29, 1.82) is 0 Å². The maximum absolute atomic E-state index is 12.0. The number of aromatic hydroxyl groups is 1. The van der Waals surface area contributed by atoms with E-state index in [9.17, 15) is 14.7 Å². The van der Waals surface area contributed by atoms with Gasteiger partial charge >= 0.3 is 5.97 Å². The molecule has 2 aromatic carbocycles. The van der Waals surface area contributed by atoms with Gasteiger partial charge in [-0.2, -0.15) is 0 Å². The first-order chi connectivity index (χ1) is 13.3. The summed E-state index contributed by atoms with van der Waals surface area (Å²) in [4.78, 5) is 22.9. The van der Waals surface area contributed by atoms with Gasteiger partial charge in [0.05, 0.1) is 6.42 Å². The zero-order chi connectivity index (χ0) is 20.4. The molecule has 1 aromatic heterocycles. The van der Waals surface area contributed by atoms with Crippen LogP contribution >= 0.6 is 11.6 Å². The Morgan fingerprint density at radius 3 is 2.54 bits per heavy atom. The van der Waals surface area contributed by atoms with Crippen molar-refractivity contribution < 1.29 is 19.8 Å². The van der Waals surface area contributed by atoms with Crippen molar-refractivity contribution in [3.05, 3.63) is 70.5 Å². The molecule has 0 fully saturated rings. The molecule has 3 aromatic rings. The number of carbonyl (C=O) groups is 2. The Morgan fingerprint density at radius 1 is 1.14 bits per heavy atom. The second-order valence-electron chi connectivity index (χ2n) is 6.47. The number of halogens is 1. The third kappa shape index (κ3) is 3.87. The lowest BCUT2D eigenvalue weighted by Crippen LogP contribution is -2.14. The number of benzene rings is 2. The van der Waals surface area contributed by atoms with Crippen molar-refractivity contribution in [3.63, 3.8) is 0 Å². The van der Waals surface area contributed by atoms with Gasteiger partial charge in [-0.3, -0.25) is 9.59 Å². The Kier molecular flexibility index (Phi) is 5.42. The van der Waals surface area contributed by atoms with E-state index in [1.165, 1.54) is 6.07 Å². The molecule has 0 unspecified atom stereocenters. The molecule has 4 N–H and O–H groups in total. The van der Waals surface area contributed by atoms with E-state index in [1.54, 1.807) is 24.3 Å². The maximum Gasteiger partial charge on any atom is 0.303 e. The number of amides is 1. The van der Waals surface area contributed by atoms with Crippen LogP contribution in [0.5, 0.6) is 5.75 Å². The van der Waals surface area contributed by atoms with Gasteiger partial charge in [-0.1, -0.05) is 11.6 Å².